The van der Waals surface area contributed by atoms with Crippen LogP contribution in [0.15, 0.2) is 40.9 Å². The average molecular weight is 374 g/mol. The van der Waals surface area contributed by atoms with Gasteiger partial charge in [-0.1, -0.05) is 27.6 Å². The van der Waals surface area contributed by atoms with E-state index >= 15 is 0 Å². The lowest BCUT2D eigenvalue weighted by atomic mass is 10.0. The second-order valence-electron chi connectivity index (χ2n) is 5.44. The van der Waals surface area contributed by atoms with Crippen molar-refractivity contribution in [3.05, 3.63) is 52.0 Å². The van der Waals surface area contributed by atoms with Gasteiger partial charge in [-0.2, -0.15) is 0 Å². The van der Waals surface area contributed by atoms with Gasteiger partial charge in [0.15, 0.2) is 0 Å². The maximum Gasteiger partial charge on any atom is 0.307 e. The van der Waals surface area contributed by atoms with Crippen molar-refractivity contribution in [1.29, 1.82) is 0 Å². The Morgan fingerprint density at radius 3 is 2.74 bits per heavy atom. The molecule has 0 fully saturated rings. The molecule has 0 atom stereocenters. The van der Waals surface area contributed by atoms with Crippen LogP contribution in [0.2, 0.25) is 0 Å². The van der Waals surface area contributed by atoms with Gasteiger partial charge in [-0.15, -0.1) is 0 Å². The molecule has 3 aromatic rings. The lowest BCUT2D eigenvalue weighted by Crippen LogP contribution is -2.01. The smallest absolute Gasteiger partial charge is 0.307 e. The van der Waals surface area contributed by atoms with Gasteiger partial charge in [-0.05, 0) is 42.8 Å². The Balaban J connectivity index is 2.32. The third-order valence-electron chi connectivity index (χ3n) is 3.82. The predicted molar refractivity (Wildman–Crippen MR) is 94.1 cm³/mol. The van der Waals surface area contributed by atoms with E-state index in [1.165, 1.54) is 0 Å². The lowest BCUT2D eigenvalue weighted by molar-refractivity contribution is -0.136. The summed E-state index contributed by atoms with van der Waals surface area (Å²) in [6, 6.07) is 11.7. The number of aromatic amines is 1. The summed E-state index contributed by atoms with van der Waals surface area (Å²) in [6.07, 6.45) is -0.0472. The number of carboxylic acid groups (broad SMARTS) is 1. The molecule has 0 saturated heterocycles. The Labute approximate surface area is 142 Å². The molecule has 0 aliphatic carbocycles. The molecule has 1 aromatic heterocycles. The van der Waals surface area contributed by atoms with Crippen molar-refractivity contribution in [2.24, 2.45) is 0 Å². The Hall–Kier alpha value is -2.27. The highest BCUT2D eigenvalue weighted by atomic mass is 79.9. The van der Waals surface area contributed by atoms with E-state index in [0.29, 0.717) is 5.75 Å². The van der Waals surface area contributed by atoms with Crippen LogP contribution in [0.25, 0.3) is 22.2 Å². The average Bonchev–Trinajstić information content (AvgIpc) is 2.84. The van der Waals surface area contributed by atoms with Gasteiger partial charge in [0, 0.05) is 20.9 Å². The van der Waals surface area contributed by atoms with Crippen LogP contribution in [0.3, 0.4) is 0 Å². The Bertz CT molecular complexity index is 899. The van der Waals surface area contributed by atoms with E-state index in [0.717, 1.165) is 37.8 Å². The zero-order valence-electron chi connectivity index (χ0n) is 12.8. The molecule has 2 N–H and O–H groups in total. The minimum atomic E-state index is -0.859. The van der Waals surface area contributed by atoms with E-state index in [4.69, 9.17) is 4.74 Å². The molecule has 5 heteroatoms. The fourth-order valence-corrected chi connectivity index (χ4v) is 3.16. The molecule has 2 aromatic carbocycles. The van der Waals surface area contributed by atoms with Crippen molar-refractivity contribution in [3.63, 3.8) is 0 Å². The number of carbonyl (C=O) groups is 1. The van der Waals surface area contributed by atoms with E-state index < -0.39 is 5.97 Å². The highest BCUT2D eigenvalue weighted by Gasteiger charge is 2.19. The third-order valence-corrected chi connectivity index (χ3v) is 4.31. The number of aromatic nitrogens is 1. The summed E-state index contributed by atoms with van der Waals surface area (Å²) < 4.78 is 6.35. The largest absolute Gasteiger partial charge is 0.496 e. The van der Waals surface area contributed by atoms with Crippen LogP contribution in [0, 0.1) is 6.92 Å². The monoisotopic (exact) mass is 373 g/mol. The number of fused-ring (bicyclic) bond motifs is 1. The minimum absolute atomic E-state index is 0.0472. The van der Waals surface area contributed by atoms with Gasteiger partial charge in [0.1, 0.15) is 5.75 Å². The molecule has 0 spiro atoms. The summed E-state index contributed by atoms with van der Waals surface area (Å²) in [5, 5.41) is 10.2. The molecule has 0 bridgehead atoms. The normalized spacial score (nSPS) is 10.9. The molecule has 0 aliphatic heterocycles. The maximum atomic E-state index is 11.3. The maximum absolute atomic E-state index is 11.3. The second-order valence-corrected chi connectivity index (χ2v) is 6.36. The van der Waals surface area contributed by atoms with Crippen molar-refractivity contribution < 1.29 is 14.6 Å². The molecule has 4 nitrogen and oxygen atoms in total. The highest BCUT2D eigenvalue weighted by molar-refractivity contribution is 9.10. The van der Waals surface area contributed by atoms with Crippen molar-refractivity contribution >= 4 is 32.8 Å². The molecule has 0 unspecified atom stereocenters. The number of ether oxygens (including phenoxy) is 1. The number of benzene rings is 2. The van der Waals surface area contributed by atoms with E-state index in [1.807, 2.05) is 43.3 Å². The van der Waals surface area contributed by atoms with Gasteiger partial charge in [0.05, 0.1) is 19.2 Å². The number of aliphatic carboxylic acids is 1. The van der Waals surface area contributed by atoms with Gasteiger partial charge in [-0.3, -0.25) is 4.79 Å². The molecular weight excluding hydrogens is 358 g/mol. The molecule has 0 amide bonds. The number of hydrogen-bond donors (Lipinski definition) is 2. The SMILES string of the molecule is COc1ccc(Br)cc1-c1[nH]c2ccc(C)cc2c1CC(=O)O. The summed E-state index contributed by atoms with van der Waals surface area (Å²) in [5.74, 6) is -0.161. The van der Waals surface area contributed by atoms with Crippen LogP contribution in [-0.2, 0) is 11.2 Å². The molecule has 0 aliphatic rings. The standard InChI is InChI=1S/C18H16BrNO3/c1-10-3-5-15-12(7-10)13(9-17(21)22)18(20-15)14-8-11(19)4-6-16(14)23-2/h3-8,20H,9H2,1-2H3,(H,21,22). The molecule has 118 valence electrons. The third kappa shape index (κ3) is 2.97. The fourth-order valence-electron chi connectivity index (χ4n) is 2.80. The first-order valence-corrected chi connectivity index (χ1v) is 7.96. The number of halogens is 1. The molecule has 3 rings (SSSR count). The predicted octanol–water partition coefficient (Wildman–Crippen LogP) is 4.54. The van der Waals surface area contributed by atoms with Gasteiger partial charge in [-0.25, -0.2) is 0 Å². The van der Waals surface area contributed by atoms with Crippen molar-refractivity contribution in [1.82, 2.24) is 4.98 Å². The van der Waals surface area contributed by atoms with Crippen LogP contribution < -0.4 is 4.74 Å². The summed E-state index contributed by atoms with van der Waals surface area (Å²) in [7, 11) is 1.61. The van der Waals surface area contributed by atoms with E-state index in [1.54, 1.807) is 7.11 Å². The van der Waals surface area contributed by atoms with E-state index in [-0.39, 0.29) is 6.42 Å². The van der Waals surface area contributed by atoms with Crippen LogP contribution in [0.1, 0.15) is 11.1 Å². The van der Waals surface area contributed by atoms with E-state index in [2.05, 4.69) is 20.9 Å². The number of hydrogen-bond acceptors (Lipinski definition) is 2. The Kier molecular flexibility index (Phi) is 4.13. The number of rotatable bonds is 4. The summed E-state index contributed by atoms with van der Waals surface area (Å²) in [5.41, 5.74) is 4.41. The van der Waals surface area contributed by atoms with Crippen LogP contribution >= 0.6 is 15.9 Å². The van der Waals surface area contributed by atoms with Gasteiger partial charge in [0.2, 0.25) is 0 Å². The quantitative estimate of drug-likeness (QED) is 0.705. The highest BCUT2D eigenvalue weighted by Crippen LogP contribution is 2.37. The second kappa shape index (κ2) is 6.08. The Morgan fingerprint density at radius 1 is 1.26 bits per heavy atom. The topological polar surface area (TPSA) is 62.3 Å². The van der Waals surface area contributed by atoms with Crippen LogP contribution in [0.5, 0.6) is 5.75 Å². The number of nitrogens with one attached hydrogen (secondary N) is 1. The van der Waals surface area contributed by atoms with Crippen molar-refractivity contribution in [2.75, 3.05) is 7.11 Å². The van der Waals surface area contributed by atoms with Gasteiger partial charge >= 0.3 is 5.97 Å². The zero-order chi connectivity index (χ0) is 16.6. The lowest BCUT2D eigenvalue weighted by Gasteiger charge is -2.09. The van der Waals surface area contributed by atoms with Crippen molar-refractivity contribution in [2.45, 2.75) is 13.3 Å². The number of carboxylic acids is 1. The fraction of sp³-hybridized carbons (Fsp3) is 0.167. The van der Waals surface area contributed by atoms with Crippen LogP contribution in [-0.4, -0.2) is 23.2 Å². The molecule has 23 heavy (non-hydrogen) atoms. The van der Waals surface area contributed by atoms with Gasteiger partial charge < -0.3 is 14.8 Å². The number of methoxy groups -OCH3 is 1. The molecule has 1 heterocycles. The van der Waals surface area contributed by atoms with Crippen molar-refractivity contribution in [3.8, 4) is 17.0 Å². The summed E-state index contributed by atoms with van der Waals surface area (Å²) in [4.78, 5) is 14.7. The number of aryl methyl sites for hydroxylation is 1. The number of H-pyrrole nitrogens is 1. The van der Waals surface area contributed by atoms with Gasteiger partial charge in [0.25, 0.3) is 0 Å². The zero-order valence-corrected chi connectivity index (χ0v) is 14.4. The summed E-state index contributed by atoms with van der Waals surface area (Å²) >= 11 is 3.47. The first-order chi connectivity index (χ1) is 11.0. The first-order valence-electron chi connectivity index (χ1n) is 7.16. The molecule has 0 radical (unpaired) electrons. The summed E-state index contributed by atoms with van der Waals surface area (Å²) in [6.45, 7) is 2.00. The van der Waals surface area contributed by atoms with Crippen LogP contribution in [0.4, 0.5) is 0 Å². The molecular formula is C18H16BrNO3. The van der Waals surface area contributed by atoms with E-state index in [9.17, 15) is 9.90 Å². The Morgan fingerprint density at radius 2 is 2.04 bits per heavy atom. The minimum Gasteiger partial charge on any atom is -0.496 e. The molecule has 0 saturated carbocycles. The first kappa shape index (κ1) is 15.6.